The van der Waals surface area contributed by atoms with Gasteiger partial charge in [0.1, 0.15) is 17.9 Å². The van der Waals surface area contributed by atoms with Gasteiger partial charge < -0.3 is 9.47 Å². The Morgan fingerprint density at radius 2 is 1.23 bits per heavy atom. The van der Waals surface area contributed by atoms with E-state index in [1.807, 2.05) is 36.4 Å². The van der Waals surface area contributed by atoms with Gasteiger partial charge in [-0.2, -0.15) is 0 Å². The SMILES string of the molecule is CCCCCC(CCCCC)(Oc1ccccc1)C(=O)CC(=O)Oc1ccccc1. The maximum Gasteiger partial charge on any atom is 0.318 e. The number of ether oxygens (including phenoxy) is 2. The normalized spacial score (nSPS) is 11.1. The number of rotatable bonds is 14. The van der Waals surface area contributed by atoms with Gasteiger partial charge >= 0.3 is 5.97 Å². The maximum atomic E-state index is 13.4. The van der Waals surface area contributed by atoms with Gasteiger partial charge in [-0.25, -0.2) is 0 Å². The van der Waals surface area contributed by atoms with Crippen molar-refractivity contribution < 1.29 is 19.1 Å². The summed E-state index contributed by atoms with van der Waals surface area (Å²) in [6.45, 7) is 4.27. The molecule has 0 heterocycles. The Morgan fingerprint density at radius 1 is 0.733 bits per heavy atom. The molecule has 0 saturated carbocycles. The summed E-state index contributed by atoms with van der Waals surface area (Å²) in [5.74, 6) is 0.370. The Kier molecular flexibility index (Phi) is 10.1. The number of Topliss-reactive ketones (excluding diaryl/α,β-unsaturated/α-hetero) is 1. The van der Waals surface area contributed by atoms with Crippen molar-refractivity contribution in [1.29, 1.82) is 0 Å². The molecule has 4 nitrogen and oxygen atoms in total. The van der Waals surface area contributed by atoms with Gasteiger partial charge in [0.2, 0.25) is 0 Å². The van der Waals surface area contributed by atoms with Crippen LogP contribution < -0.4 is 9.47 Å². The van der Waals surface area contributed by atoms with Gasteiger partial charge in [-0.3, -0.25) is 9.59 Å². The molecule has 162 valence electrons. The molecule has 0 aliphatic rings. The number of carbonyl (C=O) groups is 2. The van der Waals surface area contributed by atoms with Crippen molar-refractivity contribution in [1.82, 2.24) is 0 Å². The average molecular weight is 411 g/mol. The highest BCUT2D eigenvalue weighted by atomic mass is 16.5. The summed E-state index contributed by atoms with van der Waals surface area (Å²) in [5.41, 5.74) is -0.999. The van der Waals surface area contributed by atoms with Gasteiger partial charge in [0.15, 0.2) is 11.4 Å². The van der Waals surface area contributed by atoms with Crippen LogP contribution in [0.1, 0.15) is 71.6 Å². The fourth-order valence-electron chi connectivity index (χ4n) is 3.55. The summed E-state index contributed by atoms with van der Waals surface area (Å²) < 4.78 is 11.7. The lowest BCUT2D eigenvalue weighted by atomic mass is 9.84. The molecule has 0 radical (unpaired) electrons. The number of ketones is 1. The molecule has 2 aromatic carbocycles. The molecule has 0 N–H and O–H groups in total. The molecule has 0 saturated heterocycles. The molecule has 0 amide bonds. The van der Waals surface area contributed by atoms with E-state index in [4.69, 9.17) is 9.47 Å². The smallest absolute Gasteiger partial charge is 0.318 e. The first-order valence-electron chi connectivity index (χ1n) is 11.1. The highest BCUT2D eigenvalue weighted by Crippen LogP contribution is 2.31. The van der Waals surface area contributed by atoms with Crippen LogP contribution in [-0.2, 0) is 9.59 Å². The van der Waals surface area contributed by atoms with Gasteiger partial charge in [0.25, 0.3) is 0 Å². The fourth-order valence-corrected chi connectivity index (χ4v) is 3.55. The van der Waals surface area contributed by atoms with Crippen LogP contribution in [0.2, 0.25) is 0 Å². The second kappa shape index (κ2) is 12.8. The summed E-state index contributed by atoms with van der Waals surface area (Å²) in [6.07, 6.45) is 6.85. The van der Waals surface area contributed by atoms with Crippen molar-refractivity contribution in [3.8, 4) is 11.5 Å². The van der Waals surface area contributed by atoms with Crippen LogP contribution in [0.25, 0.3) is 0 Å². The Bertz CT molecular complexity index is 745. The van der Waals surface area contributed by atoms with Crippen LogP contribution in [0, 0.1) is 0 Å². The molecule has 0 bridgehead atoms. The highest BCUT2D eigenvalue weighted by molar-refractivity contribution is 6.01. The fraction of sp³-hybridized carbons (Fsp3) is 0.462. The summed E-state index contributed by atoms with van der Waals surface area (Å²) in [5, 5.41) is 0. The molecule has 0 unspecified atom stereocenters. The number of unbranched alkanes of at least 4 members (excludes halogenated alkanes) is 4. The van der Waals surface area contributed by atoms with Gasteiger partial charge in [-0.15, -0.1) is 0 Å². The molecule has 0 aliphatic heterocycles. The van der Waals surface area contributed by atoms with E-state index < -0.39 is 11.6 Å². The number of carbonyl (C=O) groups excluding carboxylic acids is 2. The quantitative estimate of drug-likeness (QED) is 0.154. The minimum absolute atomic E-state index is 0.195. The standard InChI is InChI=1S/C26H34O4/c1-3-5-13-19-26(20-14-6-4-2,30-23-17-11-8-12-18-23)24(27)21-25(28)29-22-15-9-7-10-16-22/h7-12,15-18H,3-6,13-14,19-21H2,1-2H3. The van der Waals surface area contributed by atoms with Crippen LogP contribution in [0.4, 0.5) is 0 Å². The zero-order chi connectivity index (χ0) is 21.7. The molecule has 2 aromatic rings. The van der Waals surface area contributed by atoms with Crippen LogP contribution in [0.3, 0.4) is 0 Å². The van der Waals surface area contributed by atoms with E-state index in [0.29, 0.717) is 24.3 Å². The third-order valence-corrected chi connectivity index (χ3v) is 5.21. The lowest BCUT2D eigenvalue weighted by Gasteiger charge is -2.33. The van der Waals surface area contributed by atoms with E-state index in [2.05, 4.69) is 13.8 Å². The van der Waals surface area contributed by atoms with E-state index in [0.717, 1.165) is 38.5 Å². The molecule has 30 heavy (non-hydrogen) atoms. The van der Waals surface area contributed by atoms with Gasteiger partial charge in [-0.05, 0) is 49.9 Å². The van der Waals surface area contributed by atoms with Crippen molar-refractivity contribution in [2.24, 2.45) is 0 Å². The van der Waals surface area contributed by atoms with Gasteiger partial charge in [-0.1, -0.05) is 75.9 Å². The van der Waals surface area contributed by atoms with E-state index in [-0.39, 0.29) is 12.2 Å². The molecule has 0 spiro atoms. The zero-order valence-corrected chi connectivity index (χ0v) is 18.3. The van der Waals surface area contributed by atoms with E-state index in [1.165, 1.54) is 0 Å². The molecule has 0 atom stereocenters. The second-order valence-corrected chi connectivity index (χ2v) is 7.71. The molecule has 0 aliphatic carbocycles. The number of para-hydroxylation sites is 2. The average Bonchev–Trinajstić information content (AvgIpc) is 2.75. The summed E-state index contributed by atoms with van der Waals surface area (Å²) in [6, 6.07) is 18.3. The van der Waals surface area contributed by atoms with Crippen molar-refractivity contribution in [2.75, 3.05) is 0 Å². The Hall–Kier alpha value is -2.62. The Labute approximate surface area is 180 Å². The number of hydrogen-bond donors (Lipinski definition) is 0. The number of hydrogen-bond acceptors (Lipinski definition) is 4. The molecular weight excluding hydrogens is 376 g/mol. The summed E-state index contributed by atoms with van der Waals surface area (Å²) in [7, 11) is 0. The molecule has 0 fully saturated rings. The monoisotopic (exact) mass is 410 g/mol. The Morgan fingerprint density at radius 3 is 1.73 bits per heavy atom. The lowest BCUT2D eigenvalue weighted by molar-refractivity contribution is -0.145. The van der Waals surface area contributed by atoms with Crippen LogP contribution >= 0.6 is 0 Å². The minimum atomic E-state index is -0.999. The van der Waals surface area contributed by atoms with E-state index in [9.17, 15) is 9.59 Å². The van der Waals surface area contributed by atoms with Crippen molar-refractivity contribution >= 4 is 11.8 Å². The van der Waals surface area contributed by atoms with Crippen LogP contribution in [0.15, 0.2) is 60.7 Å². The van der Waals surface area contributed by atoms with Crippen molar-refractivity contribution in [2.45, 2.75) is 77.2 Å². The van der Waals surface area contributed by atoms with Gasteiger partial charge in [0.05, 0.1) is 0 Å². The van der Waals surface area contributed by atoms with Crippen LogP contribution in [-0.4, -0.2) is 17.4 Å². The highest BCUT2D eigenvalue weighted by Gasteiger charge is 2.40. The first kappa shape index (κ1) is 23.7. The first-order chi connectivity index (χ1) is 14.6. The van der Waals surface area contributed by atoms with Crippen LogP contribution in [0.5, 0.6) is 11.5 Å². The third kappa shape index (κ3) is 7.66. The first-order valence-corrected chi connectivity index (χ1v) is 11.1. The number of esters is 1. The zero-order valence-electron chi connectivity index (χ0n) is 18.3. The topological polar surface area (TPSA) is 52.6 Å². The summed E-state index contributed by atoms with van der Waals surface area (Å²) in [4.78, 5) is 25.9. The molecule has 4 heteroatoms. The third-order valence-electron chi connectivity index (χ3n) is 5.21. The minimum Gasteiger partial charge on any atom is -0.479 e. The van der Waals surface area contributed by atoms with E-state index >= 15 is 0 Å². The predicted molar refractivity (Wildman–Crippen MR) is 120 cm³/mol. The molecule has 0 aromatic heterocycles. The second-order valence-electron chi connectivity index (χ2n) is 7.71. The maximum absolute atomic E-state index is 13.4. The molecular formula is C26H34O4. The van der Waals surface area contributed by atoms with Gasteiger partial charge in [0, 0.05) is 0 Å². The Balaban J connectivity index is 2.20. The lowest BCUT2D eigenvalue weighted by Crippen LogP contribution is -2.46. The molecule has 2 rings (SSSR count). The predicted octanol–water partition coefficient (Wildman–Crippen LogP) is 6.53. The summed E-state index contributed by atoms with van der Waals surface area (Å²) >= 11 is 0. The van der Waals surface area contributed by atoms with E-state index in [1.54, 1.807) is 24.3 Å². The largest absolute Gasteiger partial charge is 0.479 e. The van der Waals surface area contributed by atoms with Crippen molar-refractivity contribution in [3.05, 3.63) is 60.7 Å². The number of benzene rings is 2. The van der Waals surface area contributed by atoms with Crippen molar-refractivity contribution in [3.63, 3.8) is 0 Å².